The van der Waals surface area contributed by atoms with E-state index in [1.54, 1.807) is 24.3 Å². The number of hydrogen-bond donors (Lipinski definition) is 0. The zero-order valence-corrected chi connectivity index (χ0v) is 17.8. The zero-order valence-electron chi connectivity index (χ0n) is 15.4. The van der Waals surface area contributed by atoms with Crippen LogP contribution in [0.25, 0.3) is 6.08 Å². The van der Waals surface area contributed by atoms with Gasteiger partial charge >= 0.3 is 0 Å². The van der Waals surface area contributed by atoms with Crippen LogP contribution in [-0.2, 0) is 11.3 Å². The standard InChI is InChI=1S/C21H19Cl2NO3S/c1-3-13(2)27-17-8-4-14(5-9-17)10-19-20(25)24(21(26)28-19)12-15-6-7-16(22)11-18(15)23/h4-11,13H,3,12H2,1-2H3/b19-10-. The van der Waals surface area contributed by atoms with Gasteiger partial charge in [0.05, 0.1) is 17.6 Å². The first kappa shape index (κ1) is 20.8. The summed E-state index contributed by atoms with van der Waals surface area (Å²) in [5.74, 6) is 0.443. The fourth-order valence-electron chi connectivity index (χ4n) is 2.57. The van der Waals surface area contributed by atoms with E-state index in [9.17, 15) is 9.59 Å². The Morgan fingerprint density at radius 3 is 2.50 bits per heavy atom. The maximum atomic E-state index is 12.7. The molecular formula is C21H19Cl2NO3S. The first-order valence-corrected chi connectivity index (χ1v) is 10.4. The van der Waals surface area contributed by atoms with Crippen molar-refractivity contribution in [3.05, 3.63) is 68.5 Å². The Morgan fingerprint density at radius 2 is 1.86 bits per heavy atom. The van der Waals surface area contributed by atoms with Crippen molar-refractivity contribution < 1.29 is 14.3 Å². The molecule has 2 aromatic carbocycles. The molecule has 146 valence electrons. The molecule has 0 N–H and O–H groups in total. The van der Waals surface area contributed by atoms with Crippen LogP contribution in [0.15, 0.2) is 47.4 Å². The third kappa shape index (κ3) is 4.90. The predicted octanol–water partition coefficient (Wildman–Crippen LogP) is 6.41. The van der Waals surface area contributed by atoms with Gasteiger partial charge in [0.1, 0.15) is 5.75 Å². The Kier molecular flexibility index (Phi) is 6.70. The minimum atomic E-state index is -0.332. The van der Waals surface area contributed by atoms with E-state index in [1.807, 2.05) is 31.2 Å². The second kappa shape index (κ2) is 9.03. The molecule has 3 rings (SSSR count). The number of nitrogens with zero attached hydrogens (tertiary/aromatic N) is 1. The van der Waals surface area contributed by atoms with Crippen molar-refractivity contribution in [3.8, 4) is 5.75 Å². The Morgan fingerprint density at radius 1 is 1.14 bits per heavy atom. The lowest BCUT2D eigenvalue weighted by Gasteiger charge is -2.13. The molecule has 7 heteroatoms. The van der Waals surface area contributed by atoms with Crippen molar-refractivity contribution in [3.63, 3.8) is 0 Å². The van der Waals surface area contributed by atoms with Crippen molar-refractivity contribution in [2.75, 3.05) is 0 Å². The lowest BCUT2D eigenvalue weighted by Crippen LogP contribution is -2.27. The van der Waals surface area contributed by atoms with Gasteiger partial charge in [-0.05, 0) is 66.6 Å². The largest absolute Gasteiger partial charge is 0.491 e. The summed E-state index contributed by atoms with van der Waals surface area (Å²) < 4.78 is 5.75. The first-order valence-electron chi connectivity index (χ1n) is 8.83. The number of hydrogen-bond acceptors (Lipinski definition) is 4. The lowest BCUT2D eigenvalue weighted by atomic mass is 10.2. The van der Waals surface area contributed by atoms with Crippen LogP contribution < -0.4 is 4.74 Å². The summed E-state index contributed by atoms with van der Waals surface area (Å²) in [7, 11) is 0. The summed E-state index contributed by atoms with van der Waals surface area (Å²) in [5, 5.41) is 0.606. The highest BCUT2D eigenvalue weighted by atomic mass is 35.5. The topological polar surface area (TPSA) is 46.6 Å². The highest BCUT2D eigenvalue weighted by Crippen LogP contribution is 2.34. The molecule has 1 atom stereocenters. The molecule has 1 fully saturated rings. The van der Waals surface area contributed by atoms with E-state index in [4.69, 9.17) is 27.9 Å². The van der Waals surface area contributed by atoms with Gasteiger partial charge in [0.25, 0.3) is 11.1 Å². The van der Waals surface area contributed by atoms with Gasteiger partial charge in [-0.2, -0.15) is 0 Å². The van der Waals surface area contributed by atoms with E-state index in [0.717, 1.165) is 29.5 Å². The van der Waals surface area contributed by atoms with E-state index in [-0.39, 0.29) is 23.8 Å². The van der Waals surface area contributed by atoms with Crippen molar-refractivity contribution in [2.45, 2.75) is 32.9 Å². The van der Waals surface area contributed by atoms with Crippen LogP contribution in [0.4, 0.5) is 4.79 Å². The van der Waals surface area contributed by atoms with Crippen LogP contribution in [0.3, 0.4) is 0 Å². The van der Waals surface area contributed by atoms with Crippen LogP contribution in [0, 0.1) is 0 Å². The predicted molar refractivity (Wildman–Crippen MR) is 115 cm³/mol. The van der Waals surface area contributed by atoms with E-state index in [2.05, 4.69) is 6.92 Å². The lowest BCUT2D eigenvalue weighted by molar-refractivity contribution is -0.123. The van der Waals surface area contributed by atoms with Gasteiger partial charge in [0, 0.05) is 10.0 Å². The number of carbonyl (C=O) groups is 2. The average molecular weight is 436 g/mol. The molecular weight excluding hydrogens is 417 g/mol. The maximum Gasteiger partial charge on any atom is 0.293 e. The normalized spacial score (nSPS) is 16.7. The summed E-state index contributed by atoms with van der Waals surface area (Å²) >= 11 is 13.0. The number of benzene rings is 2. The Bertz CT molecular complexity index is 928. The highest BCUT2D eigenvalue weighted by molar-refractivity contribution is 8.18. The molecule has 2 aromatic rings. The summed E-state index contributed by atoms with van der Waals surface area (Å²) in [6.07, 6.45) is 2.77. The van der Waals surface area contributed by atoms with Crippen molar-refractivity contribution in [1.29, 1.82) is 0 Å². The number of ether oxygens (including phenoxy) is 1. The van der Waals surface area contributed by atoms with Gasteiger partial charge in [-0.1, -0.05) is 48.3 Å². The number of imide groups is 1. The second-order valence-electron chi connectivity index (χ2n) is 6.41. The number of amides is 2. The fourth-order valence-corrected chi connectivity index (χ4v) is 3.87. The molecule has 0 bridgehead atoms. The van der Waals surface area contributed by atoms with Gasteiger partial charge in [-0.15, -0.1) is 0 Å². The molecule has 0 saturated carbocycles. The molecule has 0 aliphatic carbocycles. The molecule has 0 aromatic heterocycles. The summed E-state index contributed by atoms with van der Waals surface area (Å²) in [5.41, 5.74) is 1.49. The van der Waals surface area contributed by atoms with Crippen LogP contribution in [0.5, 0.6) is 5.75 Å². The van der Waals surface area contributed by atoms with Crippen molar-refractivity contribution >= 4 is 52.2 Å². The molecule has 1 heterocycles. The van der Waals surface area contributed by atoms with Crippen LogP contribution in [0.1, 0.15) is 31.4 Å². The zero-order chi connectivity index (χ0) is 20.3. The average Bonchev–Trinajstić information content (AvgIpc) is 2.92. The molecule has 1 saturated heterocycles. The summed E-state index contributed by atoms with van der Waals surface area (Å²) in [6, 6.07) is 12.4. The van der Waals surface area contributed by atoms with Crippen LogP contribution >= 0.6 is 35.0 Å². The maximum absolute atomic E-state index is 12.7. The highest BCUT2D eigenvalue weighted by Gasteiger charge is 2.35. The van der Waals surface area contributed by atoms with E-state index >= 15 is 0 Å². The Labute approximate surface area is 178 Å². The van der Waals surface area contributed by atoms with Crippen molar-refractivity contribution in [2.24, 2.45) is 0 Å². The molecule has 28 heavy (non-hydrogen) atoms. The van der Waals surface area contributed by atoms with Gasteiger partial charge in [-0.3, -0.25) is 14.5 Å². The van der Waals surface area contributed by atoms with E-state index in [0.29, 0.717) is 20.5 Å². The van der Waals surface area contributed by atoms with Gasteiger partial charge in [-0.25, -0.2) is 0 Å². The smallest absolute Gasteiger partial charge is 0.293 e. The van der Waals surface area contributed by atoms with Crippen molar-refractivity contribution in [1.82, 2.24) is 4.90 Å². The summed E-state index contributed by atoms with van der Waals surface area (Å²) in [4.78, 5) is 26.6. The Hall–Kier alpha value is -1.95. The number of carbonyl (C=O) groups excluding carboxylic acids is 2. The fraction of sp³-hybridized carbons (Fsp3) is 0.238. The quantitative estimate of drug-likeness (QED) is 0.491. The monoisotopic (exact) mass is 435 g/mol. The van der Waals surface area contributed by atoms with Gasteiger partial charge in [0.2, 0.25) is 0 Å². The first-order chi connectivity index (χ1) is 13.4. The molecule has 0 radical (unpaired) electrons. The van der Waals surface area contributed by atoms with Crippen LogP contribution in [-0.4, -0.2) is 22.2 Å². The van der Waals surface area contributed by atoms with Gasteiger partial charge in [0.15, 0.2) is 0 Å². The molecule has 0 spiro atoms. The molecule has 4 nitrogen and oxygen atoms in total. The molecule has 1 aliphatic heterocycles. The minimum Gasteiger partial charge on any atom is -0.491 e. The van der Waals surface area contributed by atoms with E-state index in [1.165, 1.54) is 4.90 Å². The number of rotatable bonds is 6. The summed E-state index contributed by atoms with van der Waals surface area (Å²) in [6.45, 7) is 4.18. The number of thioether (sulfide) groups is 1. The second-order valence-corrected chi connectivity index (χ2v) is 8.25. The third-order valence-corrected chi connectivity index (χ3v) is 5.80. The SMILES string of the molecule is CCC(C)Oc1ccc(/C=C2\SC(=O)N(Cc3ccc(Cl)cc3Cl)C2=O)cc1. The minimum absolute atomic E-state index is 0.111. The van der Waals surface area contributed by atoms with Gasteiger partial charge < -0.3 is 4.74 Å². The molecule has 2 amide bonds. The molecule has 1 aliphatic rings. The van der Waals surface area contributed by atoms with Crippen LogP contribution in [0.2, 0.25) is 10.0 Å². The third-order valence-electron chi connectivity index (χ3n) is 4.31. The molecule has 1 unspecified atom stereocenters. The Balaban J connectivity index is 1.73. The number of halogens is 2. The van der Waals surface area contributed by atoms with E-state index < -0.39 is 0 Å².